The van der Waals surface area contributed by atoms with Crippen LogP contribution in [0.4, 0.5) is 0 Å². The van der Waals surface area contributed by atoms with E-state index in [1.165, 1.54) is 13.3 Å². The SMILES string of the molecule is CCOc1cc(C=NNC(=O)CNC(=O)c2ccccc2OC)ccc1OCc1ccc(Cl)cc1. The van der Waals surface area contributed by atoms with E-state index in [1.54, 1.807) is 42.5 Å². The summed E-state index contributed by atoms with van der Waals surface area (Å²) in [5, 5.41) is 7.15. The van der Waals surface area contributed by atoms with Crippen LogP contribution in [0, 0.1) is 0 Å². The number of amides is 2. The van der Waals surface area contributed by atoms with Gasteiger partial charge in [-0.25, -0.2) is 5.43 Å². The maximum Gasteiger partial charge on any atom is 0.259 e. The van der Waals surface area contributed by atoms with Gasteiger partial charge in [0.15, 0.2) is 11.5 Å². The highest BCUT2D eigenvalue weighted by Crippen LogP contribution is 2.29. The van der Waals surface area contributed by atoms with Gasteiger partial charge in [0.05, 0.1) is 32.0 Å². The molecule has 3 aromatic rings. The fourth-order valence-corrected chi connectivity index (χ4v) is 3.17. The van der Waals surface area contributed by atoms with E-state index in [1.807, 2.05) is 31.2 Å². The Morgan fingerprint density at radius 2 is 1.74 bits per heavy atom. The zero-order valence-electron chi connectivity index (χ0n) is 19.4. The lowest BCUT2D eigenvalue weighted by molar-refractivity contribution is -0.120. The van der Waals surface area contributed by atoms with E-state index in [4.69, 9.17) is 25.8 Å². The lowest BCUT2D eigenvalue weighted by Gasteiger charge is -2.12. The van der Waals surface area contributed by atoms with Gasteiger partial charge in [-0.2, -0.15) is 5.10 Å². The molecule has 2 amide bonds. The molecule has 0 aromatic heterocycles. The molecule has 0 aliphatic heterocycles. The Kier molecular flexibility index (Phi) is 9.50. The van der Waals surface area contributed by atoms with Crippen molar-refractivity contribution in [3.8, 4) is 17.2 Å². The minimum absolute atomic E-state index is 0.240. The fraction of sp³-hybridized carbons (Fsp3) is 0.192. The lowest BCUT2D eigenvalue weighted by atomic mass is 10.2. The molecule has 0 unspecified atom stereocenters. The lowest BCUT2D eigenvalue weighted by Crippen LogP contribution is -2.35. The number of methoxy groups -OCH3 is 1. The van der Waals surface area contributed by atoms with Gasteiger partial charge in [-0.1, -0.05) is 35.9 Å². The standard InChI is InChI=1S/C26H26ClN3O5/c1-3-34-24-14-19(10-13-23(24)35-17-18-8-11-20(27)12-9-18)15-29-30-25(31)16-28-26(32)21-6-4-5-7-22(21)33-2/h4-15H,3,16-17H2,1-2H3,(H,28,32)(H,30,31). The van der Waals surface area contributed by atoms with Gasteiger partial charge in [-0.3, -0.25) is 9.59 Å². The molecular formula is C26H26ClN3O5. The Bertz CT molecular complexity index is 1180. The number of rotatable bonds is 11. The van der Waals surface area contributed by atoms with Crippen LogP contribution < -0.4 is 25.0 Å². The van der Waals surface area contributed by atoms with Gasteiger partial charge in [0.25, 0.3) is 11.8 Å². The van der Waals surface area contributed by atoms with Crippen molar-refractivity contribution in [3.63, 3.8) is 0 Å². The van der Waals surface area contributed by atoms with Gasteiger partial charge < -0.3 is 19.5 Å². The number of nitrogens with one attached hydrogen (secondary N) is 2. The summed E-state index contributed by atoms with van der Waals surface area (Å²) in [4.78, 5) is 24.3. The highest BCUT2D eigenvalue weighted by atomic mass is 35.5. The number of carbonyl (C=O) groups excluding carboxylic acids is 2. The molecule has 0 bridgehead atoms. The number of hydrogen-bond donors (Lipinski definition) is 2. The van der Waals surface area contributed by atoms with Crippen molar-refractivity contribution in [1.82, 2.24) is 10.7 Å². The number of benzene rings is 3. The van der Waals surface area contributed by atoms with Gasteiger partial charge in [0, 0.05) is 5.02 Å². The van der Waals surface area contributed by atoms with E-state index in [9.17, 15) is 9.59 Å². The van der Waals surface area contributed by atoms with Crippen molar-refractivity contribution >= 4 is 29.6 Å². The van der Waals surface area contributed by atoms with Crippen LogP contribution in [0.1, 0.15) is 28.4 Å². The number of ether oxygens (including phenoxy) is 3. The molecule has 0 aliphatic carbocycles. The van der Waals surface area contributed by atoms with E-state index in [-0.39, 0.29) is 6.54 Å². The first-order valence-corrected chi connectivity index (χ1v) is 11.2. The molecule has 9 heteroatoms. The fourth-order valence-electron chi connectivity index (χ4n) is 3.04. The van der Waals surface area contributed by atoms with Crippen molar-refractivity contribution in [2.45, 2.75) is 13.5 Å². The molecule has 0 saturated heterocycles. The van der Waals surface area contributed by atoms with Crippen LogP contribution in [0.25, 0.3) is 0 Å². The third-order valence-electron chi connectivity index (χ3n) is 4.74. The molecule has 35 heavy (non-hydrogen) atoms. The van der Waals surface area contributed by atoms with E-state index >= 15 is 0 Å². The smallest absolute Gasteiger partial charge is 0.259 e. The van der Waals surface area contributed by atoms with Crippen LogP contribution in [-0.2, 0) is 11.4 Å². The molecule has 0 heterocycles. The molecule has 8 nitrogen and oxygen atoms in total. The summed E-state index contributed by atoms with van der Waals surface area (Å²) in [6, 6.07) is 19.5. The molecule has 2 N–H and O–H groups in total. The second-order valence-electron chi connectivity index (χ2n) is 7.23. The summed E-state index contributed by atoms with van der Waals surface area (Å²) in [6.07, 6.45) is 1.48. The molecule has 0 atom stereocenters. The third kappa shape index (κ3) is 7.75. The summed E-state index contributed by atoms with van der Waals surface area (Å²) >= 11 is 5.92. The van der Waals surface area contributed by atoms with Crippen LogP contribution >= 0.6 is 11.6 Å². The van der Waals surface area contributed by atoms with Gasteiger partial charge in [0.2, 0.25) is 0 Å². The van der Waals surface area contributed by atoms with Gasteiger partial charge in [0.1, 0.15) is 12.4 Å². The van der Waals surface area contributed by atoms with E-state index in [0.717, 1.165) is 5.56 Å². The van der Waals surface area contributed by atoms with Crippen molar-refractivity contribution in [2.75, 3.05) is 20.3 Å². The van der Waals surface area contributed by atoms with E-state index < -0.39 is 11.8 Å². The number of halogens is 1. The molecule has 0 saturated carbocycles. The van der Waals surface area contributed by atoms with E-state index in [2.05, 4.69) is 15.8 Å². The summed E-state index contributed by atoms with van der Waals surface area (Å²) in [5.41, 5.74) is 4.40. The normalized spacial score (nSPS) is 10.6. The van der Waals surface area contributed by atoms with Gasteiger partial charge >= 0.3 is 0 Å². The first kappa shape index (κ1) is 25.6. The Balaban J connectivity index is 1.53. The predicted molar refractivity (Wildman–Crippen MR) is 134 cm³/mol. The second-order valence-corrected chi connectivity index (χ2v) is 7.67. The molecule has 3 rings (SSSR count). The Hall–Kier alpha value is -4.04. The van der Waals surface area contributed by atoms with Crippen LogP contribution in [-0.4, -0.2) is 38.3 Å². The summed E-state index contributed by atoms with van der Waals surface area (Å²) in [7, 11) is 1.48. The van der Waals surface area contributed by atoms with E-state index in [0.29, 0.717) is 46.6 Å². The van der Waals surface area contributed by atoms with Crippen molar-refractivity contribution in [1.29, 1.82) is 0 Å². The summed E-state index contributed by atoms with van der Waals surface area (Å²) < 4.78 is 16.7. The van der Waals surface area contributed by atoms with Crippen LogP contribution in [0.15, 0.2) is 71.8 Å². The number of nitrogens with zero attached hydrogens (tertiary/aromatic N) is 1. The molecule has 0 fully saturated rings. The predicted octanol–water partition coefficient (Wildman–Crippen LogP) is 4.21. The Morgan fingerprint density at radius 1 is 0.971 bits per heavy atom. The quantitative estimate of drug-likeness (QED) is 0.307. The number of para-hydroxylation sites is 1. The largest absolute Gasteiger partial charge is 0.496 e. The van der Waals surface area contributed by atoms with Crippen molar-refractivity contribution in [2.24, 2.45) is 5.10 Å². The maximum atomic E-state index is 12.3. The first-order chi connectivity index (χ1) is 17.0. The molecule has 0 spiro atoms. The minimum atomic E-state index is -0.475. The number of hydrazone groups is 1. The summed E-state index contributed by atoms with van der Waals surface area (Å²) in [6.45, 7) is 2.46. The Morgan fingerprint density at radius 3 is 2.49 bits per heavy atom. The average molecular weight is 496 g/mol. The molecule has 3 aromatic carbocycles. The van der Waals surface area contributed by atoms with Crippen LogP contribution in [0.3, 0.4) is 0 Å². The zero-order chi connectivity index (χ0) is 25.0. The Labute approximate surface area is 208 Å². The highest BCUT2D eigenvalue weighted by molar-refractivity contribution is 6.30. The maximum absolute atomic E-state index is 12.3. The average Bonchev–Trinajstić information content (AvgIpc) is 2.88. The zero-order valence-corrected chi connectivity index (χ0v) is 20.2. The molecule has 0 aliphatic rings. The highest BCUT2D eigenvalue weighted by Gasteiger charge is 2.12. The first-order valence-electron chi connectivity index (χ1n) is 10.9. The van der Waals surface area contributed by atoms with Gasteiger partial charge in [-0.05, 0) is 60.5 Å². The number of hydrogen-bond acceptors (Lipinski definition) is 6. The van der Waals surface area contributed by atoms with Crippen molar-refractivity contribution in [3.05, 3.63) is 88.4 Å². The number of carbonyl (C=O) groups is 2. The van der Waals surface area contributed by atoms with Crippen molar-refractivity contribution < 1.29 is 23.8 Å². The molecular weight excluding hydrogens is 470 g/mol. The second kappa shape index (κ2) is 13.0. The molecule has 0 radical (unpaired) electrons. The van der Waals surface area contributed by atoms with Crippen LogP contribution in [0.2, 0.25) is 5.02 Å². The van der Waals surface area contributed by atoms with Gasteiger partial charge in [-0.15, -0.1) is 0 Å². The topological polar surface area (TPSA) is 98.2 Å². The third-order valence-corrected chi connectivity index (χ3v) is 4.99. The van der Waals surface area contributed by atoms with Crippen LogP contribution in [0.5, 0.6) is 17.2 Å². The minimum Gasteiger partial charge on any atom is -0.496 e. The monoisotopic (exact) mass is 495 g/mol. The summed E-state index contributed by atoms with van der Waals surface area (Å²) in [5.74, 6) is 0.673. The molecule has 182 valence electrons.